The van der Waals surface area contributed by atoms with E-state index in [4.69, 9.17) is 5.84 Å². The highest BCUT2D eigenvalue weighted by Gasteiger charge is 2.26. The van der Waals surface area contributed by atoms with E-state index < -0.39 is 0 Å². The van der Waals surface area contributed by atoms with Crippen molar-refractivity contribution in [2.45, 2.75) is 47.0 Å². The van der Waals surface area contributed by atoms with Crippen molar-refractivity contribution in [2.24, 2.45) is 17.2 Å². The summed E-state index contributed by atoms with van der Waals surface area (Å²) in [4.78, 5) is 0. The fourth-order valence-corrected chi connectivity index (χ4v) is 2.19. The molecule has 1 aliphatic rings. The monoisotopic (exact) mass is 225 g/mol. The van der Waals surface area contributed by atoms with Crippen LogP contribution >= 0.6 is 0 Å². The molecule has 0 aliphatic carbocycles. The third kappa shape index (κ3) is 3.14. The smallest absolute Gasteiger partial charge is 0.112 e. The average Bonchev–Trinajstić information content (AvgIpc) is 2.27. The molecule has 1 rings (SSSR count). The molecular weight excluding hydrogens is 198 g/mol. The average molecular weight is 225 g/mol. The number of nitrogens with zero attached hydrogens (tertiary/aromatic N) is 1. The Kier molecular flexibility index (Phi) is 4.66. The van der Waals surface area contributed by atoms with E-state index in [9.17, 15) is 0 Å². The molecule has 1 heterocycles. The lowest BCUT2D eigenvalue weighted by atomic mass is 9.75. The van der Waals surface area contributed by atoms with Crippen LogP contribution in [-0.4, -0.2) is 18.1 Å². The molecule has 3 heteroatoms. The summed E-state index contributed by atoms with van der Waals surface area (Å²) in [6.45, 7) is 11.2. The van der Waals surface area contributed by atoms with Gasteiger partial charge in [0.25, 0.3) is 0 Å². The van der Waals surface area contributed by atoms with Crippen molar-refractivity contribution in [3.63, 3.8) is 0 Å². The molecule has 3 nitrogen and oxygen atoms in total. The Bertz CT molecular complexity index is 246. The number of hydrogen-bond donors (Lipinski definition) is 2. The van der Waals surface area contributed by atoms with E-state index in [-0.39, 0.29) is 0 Å². The Balaban J connectivity index is 2.77. The van der Waals surface area contributed by atoms with Gasteiger partial charge in [-0.1, -0.05) is 34.1 Å². The summed E-state index contributed by atoms with van der Waals surface area (Å²) in [5.74, 6) is 7.67. The lowest BCUT2D eigenvalue weighted by Crippen LogP contribution is -2.44. The van der Waals surface area contributed by atoms with Gasteiger partial charge in [0.2, 0.25) is 0 Å². The Morgan fingerprint density at radius 1 is 1.50 bits per heavy atom. The molecule has 0 spiro atoms. The first-order valence-electron chi connectivity index (χ1n) is 6.49. The molecule has 1 atom stereocenters. The van der Waals surface area contributed by atoms with Gasteiger partial charge < -0.3 is 5.32 Å². The lowest BCUT2D eigenvalue weighted by molar-refractivity contribution is 0.228. The Morgan fingerprint density at radius 3 is 2.69 bits per heavy atom. The second kappa shape index (κ2) is 5.58. The third-order valence-electron chi connectivity index (χ3n) is 3.91. The van der Waals surface area contributed by atoms with Crippen molar-refractivity contribution in [1.29, 1.82) is 0 Å². The van der Waals surface area contributed by atoms with E-state index in [0.717, 1.165) is 25.3 Å². The van der Waals surface area contributed by atoms with Crippen LogP contribution in [0.5, 0.6) is 0 Å². The van der Waals surface area contributed by atoms with Crippen LogP contribution in [0.3, 0.4) is 0 Å². The minimum Gasteiger partial charge on any atom is -0.371 e. The molecule has 0 bridgehead atoms. The summed E-state index contributed by atoms with van der Waals surface area (Å²) >= 11 is 0. The van der Waals surface area contributed by atoms with Crippen LogP contribution in [0.4, 0.5) is 0 Å². The van der Waals surface area contributed by atoms with Gasteiger partial charge in [0.15, 0.2) is 0 Å². The maximum atomic E-state index is 5.97. The zero-order valence-electron chi connectivity index (χ0n) is 11.2. The van der Waals surface area contributed by atoms with Gasteiger partial charge in [-0.05, 0) is 30.3 Å². The number of nitrogens with one attached hydrogen (secondary N) is 1. The molecule has 1 unspecified atom stereocenters. The molecule has 16 heavy (non-hydrogen) atoms. The van der Waals surface area contributed by atoms with Crippen LogP contribution in [-0.2, 0) is 0 Å². The summed E-state index contributed by atoms with van der Waals surface area (Å²) in [5, 5.41) is 5.24. The molecule has 1 fully saturated rings. The van der Waals surface area contributed by atoms with Crippen LogP contribution in [0, 0.1) is 11.3 Å². The van der Waals surface area contributed by atoms with Crippen LogP contribution in [0.25, 0.3) is 0 Å². The molecule has 0 saturated carbocycles. The highest BCUT2D eigenvalue weighted by molar-refractivity contribution is 5.05. The lowest BCUT2D eigenvalue weighted by Gasteiger charge is -2.34. The number of nitrogens with two attached hydrogens (primary N) is 1. The van der Waals surface area contributed by atoms with E-state index in [0.29, 0.717) is 11.3 Å². The van der Waals surface area contributed by atoms with Crippen LogP contribution in [0.1, 0.15) is 47.0 Å². The summed E-state index contributed by atoms with van der Waals surface area (Å²) < 4.78 is 0. The van der Waals surface area contributed by atoms with Gasteiger partial charge in [-0.15, -0.1) is 0 Å². The first-order valence-corrected chi connectivity index (χ1v) is 6.49. The van der Waals surface area contributed by atoms with Crippen molar-refractivity contribution in [3.05, 3.63) is 11.9 Å². The van der Waals surface area contributed by atoms with Crippen LogP contribution in [0.15, 0.2) is 11.9 Å². The number of allylic oxidation sites excluding steroid dienone is 1. The summed E-state index contributed by atoms with van der Waals surface area (Å²) in [6.07, 6.45) is 5.81. The van der Waals surface area contributed by atoms with Crippen molar-refractivity contribution in [2.75, 3.05) is 13.1 Å². The van der Waals surface area contributed by atoms with Gasteiger partial charge in [-0.25, -0.2) is 5.84 Å². The fraction of sp³-hybridized carbons (Fsp3) is 0.846. The van der Waals surface area contributed by atoms with E-state index in [1.165, 1.54) is 12.8 Å². The first kappa shape index (κ1) is 13.4. The number of hydrogen-bond acceptors (Lipinski definition) is 3. The standard InChI is InChI=1S/C13H27N3/c1-5-11(13(3,4)6-2)10-12-15-8-7-9-16(12)14/h10-11,15H,5-9,14H2,1-4H3/b12-10-. The van der Waals surface area contributed by atoms with Crippen molar-refractivity contribution >= 4 is 0 Å². The Hall–Kier alpha value is -0.700. The molecule has 1 aliphatic heterocycles. The normalized spacial score (nSPS) is 22.1. The predicted molar refractivity (Wildman–Crippen MR) is 69.4 cm³/mol. The molecule has 0 aromatic heterocycles. The Morgan fingerprint density at radius 2 is 2.19 bits per heavy atom. The molecule has 94 valence electrons. The van der Waals surface area contributed by atoms with Crippen molar-refractivity contribution in [3.8, 4) is 0 Å². The molecule has 1 saturated heterocycles. The molecule has 0 radical (unpaired) electrons. The fourth-order valence-electron chi connectivity index (χ4n) is 2.19. The maximum absolute atomic E-state index is 5.97. The third-order valence-corrected chi connectivity index (χ3v) is 3.91. The first-order chi connectivity index (χ1) is 7.51. The van der Waals surface area contributed by atoms with E-state index >= 15 is 0 Å². The SMILES string of the molecule is CCC(/C=C1/NCCCN1N)C(C)(C)CC. The van der Waals surface area contributed by atoms with Crippen LogP contribution < -0.4 is 11.2 Å². The summed E-state index contributed by atoms with van der Waals surface area (Å²) in [6, 6.07) is 0. The van der Waals surface area contributed by atoms with Gasteiger partial charge in [0.05, 0.1) is 0 Å². The summed E-state index contributed by atoms with van der Waals surface area (Å²) in [5.41, 5.74) is 0.349. The van der Waals surface area contributed by atoms with Gasteiger partial charge >= 0.3 is 0 Å². The second-order valence-corrected chi connectivity index (χ2v) is 5.38. The summed E-state index contributed by atoms with van der Waals surface area (Å²) in [7, 11) is 0. The number of hydrazine groups is 1. The van der Waals surface area contributed by atoms with Gasteiger partial charge in [-0.2, -0.15) is 0 Å². The van der Waals surface area contributed by atoms with Crippen molar-refractivity contribution < 1.29 is 0 Å². The quantitative estimate of drug-likeness (QED) is 0.722. The largest absolute Gasteiger partial charge is 0.371 e. The topological polar surface area (TPSA) is 41.3 Å². The molecule has 3 N–H and O–H groups in total. The van der Waals surface area contributed by atoms with Crippen molar-refractivity contribution in [1.82, 2.24) is 10.3 Å². The molecular formula is C13H27N3. The predicted octanol–water partition coefficient (Wildman–Crippen LogP) is 2.46. The van der Waals surface area contributed by atoms with Gasteiger partial charge in [0, 0.05) is 13.1 Å². The zero-order chi connectivity index (χ0) is 12.2. The van der Waals surface area contributed by atoms with E-state index in [2.05, 4.69) is 39.1 Å². The van der Waals surface area contributed by atoms with E-state index in [1.54, 1.807) is 0 Å². The minimum absolute atomic E-state index is 0.349. The van der Waals surface area contributed by atoms with E-state index in [1.807, 2.05) is 5.01 Å². The zero-order valence-corrected chi connectivity index (χ0v) is 11.2. The van der Waals surface area contributed by atoms with Gasteiger partial charge in [0.1, 0.15) is 5.82 Å². The molecule has 0 aromatic carbocycles. The Labute approximate surface area is 100 Å². The molecule has 0 amide bonds. The highest BCUT2D eigenvalue weighted by atomic mass is 15.5. The van der Waals surface area contributed by atoms with Gasteiger partial charge in [-0.3, -0.25) is 5.01 Å². The number of rotatable bonds is 4. The molecule has 0 aromatic rings. The highest BCUT2D eigenvalue weighted by Crippen LogP contribution is 2.34. The van der Waals surface area contributed by atoms with Crippen LogP contribution in [0.2, 0.25) is 0 Å². The minimum atomic E-state index is 0.349. The maximum Gasteiger partial charge on any atom is 0.112 e. The second-order valence-electron chi connectivity index (χ2n) is 5.38.